The fraction of sp³-hybridized carbons (Fsp3) is 0.667. The van der Waals surface area contributed by atoms with Crippen molar-refractivity contribution in [3.05, 3.63) is 29.6 Å². The van der Waals surface area contributed by atoms with Crippen LogP contribution in [0.4, 0.5) is 0 Å². The first-order chi connectivity index (χ1) is 8.40. The Morgan fingerprint density at radius 2 is 2.12 bits per heavy atom. The van der Waals surface area contributed by atoms with Crippen molar-refractivity contribution in [2.75, 3.05) is 7.05 Å². The maximum absolute atomic E-state index is 4.66. The van der Waals surface area contributed by atoms with Gasteiger partial charge in [0.1, 0.15) is 0 Å². The fourth-order valence-corrected chi connectivity index (χ4v) is 3.86. The summed E-state index contributed by atoms with van der Waals surface area (Å²) in [4.78, 5) is 4.66. The minimum atomic E-state index is 0.710. The number of hydrogen-bond donors (Lipinski definition) is 1. The Labute approximate surface area is 104 Å². The highest BCUT2D eigenvalue weighted by molar-refractivity contribution is 5.29. The summed E-state index contributed by atoms with van der Waals surface area (Å²) in [6.45, 7) is 0. The van der Waals surface area contributed by atoms with Crippen molar-refractivity contribution >= 4 is 0 Å². The van der Waals surface area contributed by atoms with Gasteiger partial charge in [0.15, 0.2) is 0 Å². The number of pyridine rings is 1. The number of rotatable bonds is 2. The third kappa shape index (κ3) is 1.99. The van der Waals surface area contributed by atoms with E-state index >= 15 is 0 Å². The van der Waals surface area contributed by atoms with Crippen LogP contribution in [0.2, 0.25) is 0 Å². The number of fused-ring (bicyclic) bond motifs is 1. The molecule has 2 aliphatic rings. The van der Waals surface area contributed by atoms with Gasteiger partial charge in [-0.15, -0.1) is 0 Å². The van der Waals surface area contributed by atoms with Gasteiger partial charge >= 0.3 is 0 Å². The molecule has 1 saturated carbocycles. The van der Waals surface area contributed by atoms with Gasteiger partial charge in [0.05, 0.1) is 0 Å². The van der Waals surface area contributed by atoms with Crippen LogP contribution in [0.15, 0.2) is 18.3 Å². The average Bonchev–Trinajstić information content (AvgIpc) is 2.82. The highest BCUT2D eigenvalue weighted by Crippen LogP contribution is 2.43. The molecule has 2 nitrogen and oxygen atoms in total. The van der Waals surface area contributed by atoms with E-state index in [1.165, 1.54) is 49.8 Å². The molecule has 0 amide bonds. The number of nitrogens with one attached hydrogen (secondary N) is 1. The lowest BCUT2D eigenvalue weighted by atomic mass is 9.75. The van der Waals surface area contributed by atoms with Crippen molar-refractivity contribution in [2.45, 2.75) is 50.5 Å². The van der Waals surface area contributed by atoms with Crippen LogP contribution in [0.1, 0.15) is 49.3 Å². The van der Waals surface area contributed by atoms with E-state index in [1.54, 1.807) is 0 Å². The fourth-order valence-electron chi connectivity index (χ4n) is 3.86. The Morgan fingerprint density at radius 1 is 1.24 bits per heavy atom. The first-order valence-electron chi connectivity index (χ1n) is 7.01. The van der Waals surface area contributed by atoms with Crippen LogP contribution in [0.3, 0.4) is 0 Å². The molecule has 2 heteroatoms. The standard InChI is InChI=1S/C15H22N2/c1-16-14-7-3-2-6-12(14)13-9-8-11-5-4-10-17-15(11)13/h4-5,10,12-14,16H,2-3,6-9H2,1H3. The lowest BCUT2D eigenvalue weighted by Gasteiger charge is -2.35. The summed E-state index contributed by atoms with van der Waals surface area (Å²) in [5.74, 6) is 1.52. The summed E-state index contributed by atoms with van der Waals surface area (Å²) >= 11 is 0. The van der Waals surface area contributed by atoms with Crippen LogP contribution in [0, 0.1) is 5.92 Å². The second kappa shape index (κ2) is 4.77. The quantitative estimate of drug-likeness (QED) is 0.845. The van der Waals surface area contributed by atoms with Gasteiger partial charge in [-0.1, -0.05) is 18.9 Å². The summed E-state index contributed by atoms with van der Waals surface area (Å²) in [6.07, 6.45) is 10.0. The number of aromatic nitrogens is 1. The minimum Gasteiger partial charge on any atom is -0.317 e. The predicted octanol–water partition coefficient (Wildman–Crippen LogP) is 2.89. The second-order valence-electron chi connectivity index (χ2n) is 5.54. The molecule has 1 aromatic heterocycles. The molecule has 2 aliphatic carbocycles. The topological polar surface area (TPSA) is 24.9 Å². The van der Waals surface area contributed by atoms with E-state index in [0.29, 0.717) is 12.0 Å². The molecular weight excluding hydrogens is 208 g/mol. The summed E-state index contributed by atoms with van der Waals surface area (Å²) in [7, 11) is 2.12. The van der Waals surface area contributed by atoms with Crippen LogP contribution < -0.4 is 5.32 Å². The molecule has 0 bridgehead atoms. The molecule has 1 heterocycles. The van der Waals surface area contributed by atoms with Crippen molar-refractivity contribution < 1.29 is 0 Å². The van der Waals surface area contributed by atoms with Gasteiger partial charge < -0.3 is 5.32 Å². The zero-order valence-electron chi connectivity index (χ0n) is 10.7. The summed E-state index contributed by atoms with van der Waals surface area (Å²) in [5.41, 5.74) is 2.90. The molecule has 0 aliphatic heterocycles. The zero-order valence-corrected chi connectivity index (χ0v) is 10.7. The Kier molecular flexibility index (Phi) is 3.15. The van der Waals surface area contributed by atoms with E-state index in [9.17, 15) is 0 Å². The van der Waals surface area contributed by atoms with Gasteiger partial charge in [-0.25, -0.2) is 0 Å². The second-order valence-corrected chi connectivity index (χ2v) is 5.54. The summed E-state index contributed by atoms with van der Waals surface area (Å²) in [6, 6.07) is 5.05. The van der Waals surface area contributed by atoms with Gasteiger partial charge in [0, 0.05) is 23.9 Å². The molecule has 0 radical (unpaired) electrons. The van der Waals surface area contributed by atoms with E-state index in [4.69, 9.17) is 0 Å². The molecule has 3 atom stereocenters. The van der Waals surface area contributed by atoms with E-state index in [2.05, 4.69) is 29.5 Å². The van der Waals surface area contributed by atoms with E-state index in [-0.39, 0.29) is 0 Å². The first kappa shape index (κ1) is 11.2. The molecule has 0 saturated heterocycles. The molecule has 3 unspecified atom stereocenters. The third-order valence-corrected chi connectivity index (χ3v) is 4.71. The van der Waals surface area contributed by atoms with Crippen molar-refractivity contribution in [1.82, 2.24) is 10.3 Å². The zero-order chi connectivity index (χ0) is 11.7. The van der Waals surface area contributed by atoms with Gasteiger partial charge in [0.25, 0.3) is 0 Å². The monoisotopic (exact) mass is 230 g/mol. The summed E-state index contributed by atoms with van der Waals surface area (Å²) in [5, 5.41) is 3.53. The SMILES string of the molecule is CNC1CCCCC1C1CCc2cccnc21. The smallest absolute Gasteiger partial charge is 0.0469 e. The highest BCUT2D eigenvalue weighted by atomic mass is 14.9. The van der Waals surface area contributed by atoms with Gasteiger partial charge in [-0.05, 0) is 50.3 Å². The Morgan fingerprint density at radius 3 is 3.00 bits per heavy atom. The lowest BCUT2D eigenvalue weighted by Crippen LogP contribution is -2.39. The van der Waals surface area contributed by atoms with Crippen LogP contribution in [0.5, 0.6) is 0 Å². The van der Waals surface area contributed by atoms with Crippen molar-refractivity contribution in [1.29, 1.82) is 0 Å². The number of hydrogen-bond acceptors (Lipinski definition) is 2. The largest absolute Gasteiger partial charge is 0.317 e. The number of aryl methyl sites for hydroxylation is 1. The van der Waals surface area contributed by atoms with Crippen LogP contribution in [-0.2, 0) is 6.42 Å². The molecule has 17 heavy (non-hydrogen) atoms. The molecule has 3 rings (SSSR count). The van der Waals surface area contributed by atoms with Crippen LogP contribution >= 0.6 is 0 Å². The molecule has 92 valence electrons. The van der Waals surface area contributed by atoms with E-state index in [0.717, 1.165) is 5.92 Å². The normalized spacial score (nSPS) is 32.4. The van der Waals surface area contributed by atoms with Crippen molar-refractivity contribution in [2.24, 2.45) is 5.92 Å². The number of nitrogens with zero attached hydrogens (tertiary/aromatic N) is 1. The lowest BCUT2D eigenvalue weighted by molar-refractivity contribution is 0.232. The van der Waals surface area contributed by atoms with Gasteiger partial charge in [0.2, 0.25) is 0 Å². The molecule has 1 fully saturated rings. The maximum Gasteiger partial charge on any atom is 0.0469 e. The van der Waals surface area contributed by atoms with E-state index < -0.39 is 0 Å². The Bertz CT molecular complexity index is 388. The molecule has 1 aromatic rings. The van der Waals surface area contributed by atoms with Gasteiger partial charge in [-0.2, -0.15) is 0 Å². The maximum atomic E-state index is 4.66. The third-order valence-electron chi connectivity index (χ3n) is 4.71. The van der Waals surface area contributed by atoms with Crippen LogP contribution in [-0.4, -0.2) is 18.1 Å². The van der Waals surface area contributed by atoms with Crippen LogP contribution in [0.25, 0.3) is 0 Å². The Balaban J connectivity index is 1.85. The molecule has 0 aromatic carbocycles. The molecule has 1 N–H and O–H groups in total. The average molecular weight is 230 g/mol. The summed E-state index contributed by atoms with van der Waals surface area (Å²) < 4.78 is 0. The van der Waals surface area contributed by atoms with E-state index in [1.807, 2.05) is 6.20 Å². The Hall–Kier alpha value is -0.890. The molecule has 0 spiro atoms. The highest BCUT2D eigenvalue weighted by Gasteiger charge is 2.36. The predicted molar refractivity (Wildman–Crippen MR) is 70.1 cm³/mol. The van der Waals surface area contributed by atoms with Crippen molar-refractivity contribution in [3.63, 3.8) is 0 Å². The first-order valence-corrected chi connectivity index (χ1v) is 7.01. The van der Waals surface area contributed by atoms with Crippen molar-refractivity contribution in [3.8, 4) is 0 Å². The molecular formula is C15H22N2. The van der Waals surface area contributed by atoms with Gasteiger partial charge in [-0.3, -0.25) is 4.98 Å². The minimum absolute atomic E-state index is 0.710.